The van der Waals surface area contributed by atoms with Crippen molar-refractivity contribution < 1.29 is 4.42 Å². The van der Waals surface area contributed by atoms with Gasteiger partial charge in [0.05, 0.1) is 16.7 Å². The standard InChI is InChI=1S/C47H29N3OS/c1-3-12-30(13-4-1)47-48-40-25-24-35-37(46(40)51-47)18-11-20-41(35)49(33-23-27-45-39(29-33)36-17-8-10-21-44(36)52-45)32-22-26-43-38(28-32)34-16-7-9-19-42(34)50(43)31-14-5-2-6-15-31/h1-29H. The normalized spacial score (nSPS) is 11.8. The molecular formula is C47H29N3OS. The van der Waals surface area contributed by atoms with E-state index in [2.05, 4.69) is 155 Å². The first-order chi connectivity index (χ1) is 25.8. The fraction of sp³-hybridized carbons (Fsp3) is 0. The molecule has 0 aliphatic rings. The van der Waals surface area contributed by atoms with Gasteiger partial charge in [-0.15, -0.1) is 11.3 Å². The van der Waals surface area contributed by atoms with Gasteiger partial charge in [0.15, 0.2) is 5.58 Å². The quantitative estimate of drug-likeness (QED) is 0.181. The molecule has 8 aromatic carbocycles. The third kappa shape index (κ3) is 4.43. The van der Waals surface area contributed by atoms with Gasteiger partial charge in [-0.2, -0.15) is 0 Å². The maximum atomic E-state index is 6.53. The molecule has 0 saturated heterocycles. The summed E-state index contributed by atoms with van der Waals surface area (Å²) in [7, 11) is 0. The van der Waals surface area contributed by atoms with Crippen LogP contribution in [-0.2, 0) is 0 Å². The van der Waals surface area contributed by atoms with Crippen molar-refractivity contribution in [3.05, 3.63) is 176 Å². The molecule has 0 fully saturated rings. The van der Waals surface area contributed by atoms with E-state index in [0.717, 1.165) is 50.2 Å². The first-order valence-corrected chi connectivity index (χ1v) is 18.3. The second kappa shape index (κ2) is 11.4. The van der Waals surface area contributed by atoms with E-state index in [1.54, 1.807) is 0 Å². The average molecular weight is 684 g/mol. The zero-order chi connectivity index (χ0) is 34.2. The smallest absolute Gasteiger partial charge is 0.227 e. The highest BCUT2D eigenvalue weighted by molar-refractivity contribution is 7.25. The van der Waals surface area contributed by atoms with E-state index in [1.807, 2.05) is 41.7 Å². The molecule has 0 atom stereocenters. The highest BCUT2D eigenvalue weighted by Gasteiger charge is 2.21. The van der Waals surface area contributed by atoms with E-state index in [0.29, 0.717) is 5.89 Å². The van der Waals surface area contributed by atoms with Crippen molar-refractivity contribution in [3.8, 4) is 17.1 Å². The Morgan fingerprint density at radius 1 is 0.481 bits per heavy atom. The number of rotatable bonds is 5. The van der Waals surface area contributed by atoms with Gasteiger partial charge in [0.25, 0.3) is 0 Å². The lowest BCUT2D eigenvalue weighted by atomic mass is 10.0. The second-order valence-electron chi connectivity index (χ2n) is 13.2. The fourth-order valence-electron chi connectivity index (χ4n) is 7.86. The van der Waals surface area contributed by atoms with Crippen LogP contribution in [0, 0.1) is 0 Å². The highest BCUT2D eigenvalue weighted by atomic mass is 32.1. The lowest BCUT2D eigenvalue weighted by molar-refractivity contribution is 0.623. The summed E-state index contributed by atoms with van der Waals surface area (Å²) in [6, 6.07) is 62.7. The van der Waals surface area contributed by atoms with Crippen LogP contribution in [0.4, 0.5) is 17.1 Å². The Morgan fingerprint density at radius 2 is 1.15 bits per heavy atom. The molecule has 11 aromatic rings. The van der Waals surface area contributed by atoms with Crippen molar-refractivity contribution in [2.24, 2.45) is 0 Å². The zero-order valence-corrected chi connectivity index (χ0v) is 28.7. The van der Waals surface area contributed by atoms with Crippen molar-refractivity contribution in [2.75, 3.05) is 4.90 Å². The Bertz CT molecular complexity index is 3140. The van der Waals surface area contributed by atoms with Crippen LogP contribution >= 0.6 is 11.3 Å². The van der Waals surface area contributed by atoms with Crippen LogP contribution in [0.3, 0.4) is 0 Å². The number of para-hydroxylation sites is 2. The molecule has 3 heterocycles. The van der Waals surface area contributed by atoms with Crippen LogP contribution < -0.4 is 4.90 Å². The number of benzene rings is 8. The summed E-state index contributed by atoms with van der Waals surface area (Å²) in [5, 5.41) is 7.08. The monoisotopic (exact) mass is 683 g/mol. The van der Waals surface area contributed by atoms with Gasteiger partial charge >= 0.3 is 0 Å². The van der Waals surface area contributed by atoms with Crippen molar-refractivity contribution in [1.82, 2.24) is 9.55 Å². The Morgan fingerprint density at radius 3 is 2.02 bits per heavy atom. The van der Waals surface area contributed by atoms with Crippen molar-refractivity contribution in [1.29, 1.82) is 0 Å². The fourth-order valence-corrected chi connectivity index (χ4v) is 8.95. The Kier molecular flexibility index (Phi) is 6.39. The third-order valence-electron chi connectivity index (χ3n) is 10.2. The van der Waals surface area contributed by atoms with E-state index >= 15 is 0 Å². The molecule has 3 aromatic heterocycles. The number of thiophene rings is 1. The van der Waals surface area contributed by atoms with Crippen LogP contribution in [-0.4, -0.2) is 9.55 Å². The number of nitrogens with zero attached hydrogens (tertiary/aromatic N) is 3. The molecular weight excluding hydrogens is 655 g/mol. The van der Waals surface area contributed by atoms with Gasteiger partial charge in [0.2, 0.25) is 5.89 Å². The summed E-state index contributed by atoms with van der Waals surface area (Å²) < 4.78 is 11.5. The number of aromatic nitrogens is 2. The summed E-state index contributed by atoms with van der Waals surface area (Å²) in [5.74, 6) is 0.625. The molecule has 0 unspecified atom stereocenters. The summed E-state index contributed by atoms with van der Waals surface area (Å²) in [6.07, 6.45) is 0. The minimum Gasteiger partial charge on any atom is -0.435 e. The Hall–Kier alpha value is -6.69. The van der Waals surface area contributed by atoms with Crippen LogP contribution in [0.25, 0.3) is 81.0 Å². The van der Waals surface area contributed by atoms with Gasteiger partial charge in [0.1, 0.15) is 5.52 Å². The van der Waals surface area contributed by atoms with E-state index < -0.39 is 0 Å². The van der Waals surface area contributed by atoms with Gasteiger partial charge < -0.3 is 13.9 Å². The molecule has 0 aliphatic carbocycles. The summed E-state index contributed by atoms with van der Waals surface area (Å²) in [6.45, 7) is 0. The number of hydrogen-bond acceptors (Lipinski definition) is 4. The first-order valence-electron chi connectivity index (χ1n) is 17.5. The molecule has 244 valence electrons. The van der Waals surface area contributed by atoms with E-state index in [4.69, 9.17) is 9.40 Å². The van der Waals surface area contributed by atoms with E-state index in [9.17, 15) is 0 Å². The Balaban J connectivity index is 1.18. The highest BCUT2D eigenvalue weighted by Crippen LogP contribution is 2.45. The summed E-state index contributed by atoms with van der Waals surface area (Å²) >= 11 is 1.84. The molecule has 0 amide bonds. The van der Waals surface area contributed by atoms with Gasteiger partial charge in [-0.25, -0.2) is 4.98 Å². The van der Waals surface area contributed by atoms with Crippen molar-refractivity contribution in [2.45, 2.75) is 0 Å². The number of fused-ring (bicyclic) bond motifs is 9. The predicted molar refractivity (Wildman–Crippen MR) is 219 cm³/mol. The van der Waals surface area contributed by atoms with Crippen LogP contribution in [0.5, 0.6) is 0 Å². The minimum atomic E-state index is 0.625. The summed E-state index contributed by atoms with van der Waals surface area (Å²) in [4.78, 5) is 7.30. The number of oxazole rings is 1. The topological polar surface area (TPSA) is 34.2 Å². The lowest BCUT2D eigenvalue weighted by Crippen LogP contribution is -2.10. The SMILES string of the molecule is c1ccc(-c2nc3ccc4c(N(c5ccc6sc7ccccc7c6c5)c5ccc6c(c5)c5ccccc5n6-c5ccccc5)cccc4c3o2)cc1. The maximum absolute atomic E-state index is 6.53. The zero-order valence-electron chi connectivity index (χ0n) is 27.9. The largest absolute Gasteiger partial charge is 0.435 e. The molecule has 5 heteroatoms. The number of anilines is 3. The van der Waals surface area contributed by atoms with Crippen molar-refractivity contribution in [3.63, 3.8) is 0 Å². The predicted octanol–water partition coefficient (Wildman–Crippen LogP) is 13.6. The van der Waals surface area contributed by atoms with Gasteiger partial charge in [-0.3, -0.25) is 0 Å². The lowest BCUT2D eigenvalue weighted by Gasteiger charge is -2.27. The first kappa shape index (κ1) is 29.1. The minimum absolute atomic E-state index is 0.625. The Labute approximate surface area is 303 Å². The molecule has 0 radical (unpaired) electrons. The molecule has 11 rings (SSSR count). The van der Waals surface area contributed by atoms with Crippen molar-refractivity contribution >= 4 is 92.2 Å². The van der Waals surface area contributed by atoms with E-state index in [1.165, 1.54) is 42.0 Å². The number of hydrogen-bond donors (Lipinski definition) is 0. The molecule has 0 aliphatic heterocycles. The molecule has 0 bridgehead atoms. The second-order valence-corrected chi connectivity index (χ2v) is 14.3. The van der Waals surface area contributed by atoms with Gasteiger partial charge in [-0.05, 0) is 91.0 Å². The molecule has 52 heavy (non-hydrogen) atoms. The summed E-state index contributed by atoms with van der Waals surface area (Å²) in [5.41, 5.74) is 9.35. The maximum Gasteiger partial charge on any atom is 0.227 e. The molecule has 0 spiro atoms. The van der Waals surface area contributed by atoms with Crippen LogP contribution in [0.2, 0.25) is 0 Å². The molecule has 0 N–H and O–H groups in total. The van der Waals surface area contributed by atoms with Gasteiger partial charge in [0, 0.05) is 64.3 Å². The van der Waals surface area contributed by atoms with E-state index in [-0.39, 0.29) is 0 Å². The molecule has 0 saturated carbocycles. The van der Waals surface area contributed by atoms with Crippen LogP contribution in [0.1, 0.15) is 0 Å². The average Bonchev–Trinajstić information content (AvgIpc) is 3.91. The van der Waals surface area contributed by atoms with Gasteiger partial charge in [-0.1, -0.05) is 84.9 Å². The third-order valence-corrected chi connectivity index (χ3v) is 11.3. The molecule has 4 nitrogen and oxygen atoms in total. The van der Waals surface area contributed by atoms with Crippen LogP contribution in [0.15, 0.2) is 180 Å².